The minimum atomic E-state index is 0.00167. The normalized spacial score (nSPS) is 11.5. The maximum Gasteiger partial charge on any atom is 0.168 e. The Morgan fingerprint density at radius 2 is 2.67 bits per heavy atom. The molecule has 0 saturated carbocycles. The van der Waals surface area contributed by atoms with Crippen molar-refractivity contribution in [1.82, 2.24) is 9.78 Å². The van der Waals surface area contributed by atoms with E-state index < -0.39 is 0 Å². The molecule has 0 fully saturated rings. The molecule has 3 N–H and O–H groups in total. The molecule has 1 aromatic rings. The van der Waals surface area contributed by atoms with E-state index in [1.54, 1.807) is 0 Å². The number of nitrogens with zero attached hydrogens (tertiary/aromatic N) is 3. The Hall–Kier alpha value is -1.85. The van der Waals surface area contributed by atoms with Crippen LogP contribution in [0.15, 0.2) is 17.4 Å². The molecule has 0 aliphatic rings. The van der Waals surface area contributed by atoms with Crippen LogP contribution >= 0.6 is 0 Å². The van der Waals surface area contributed by atoms with Crippen molar-refractivity contribution < 1.29 is 10.0 Å². The van der Waals surface area contributed by atoms with Crippen molar-refractivity contribution >= 4 is 12.1 Å². The SMILES string of the molecule is NC(Cn1nccc1C=O)=NO. The Morgan fingerprint density at radius 1 is 1.92 bits per heavy atom. The van der Waals surface area contributed by atoms with Crippen LogP contribution in [-0.4, -0.2) is 27.1 Å². The second-order valence-corrected chi connectivity index (χ2v) is 2.12. The molecule has 0 saturated heterocycles. The molecule has 6 heteroatoms. The average molecular weight is 168 g/mol. The van der Waals surface area contributed by atoms with E-state index in [2.05, 4.69) is 10.3 Å². The summed E-state index contributed by atoms with van der Waals surface area (Å²) in [6.07, 6.45) is 2.12. The van der Waals surface area contributed by atoms with Gasteiger partial charge in [0.05, 0.1) is 0 Å². The highest BCUT2D eigenvalue weighted by Gasteiger charge is 2.01. The van der Waals surface area contributed by atoms with Gasteiger partial charge in [0.1, 0.15) is 12.2 Å². The molecule has 1 rings (SSSR count). The fourth-order valence-corrected chi connectivity index (χ4v) is 0.760. The zero-order valence-corrected chi connectivity index (χ0v) is 6.21. The highest BCUT2D eigenvalue weighted by atomic mass is 16.4. The molecule has 1 aromatic heterocycles. The van der Waals surface area contributed by atoms with Gasteiger partial charge in [-0.05, 0) is 6.07 Å². The Morgan fingerprint density at radius 3 is 3.25 bits per heavy atom. The summed E-state index contributed by atoms with van der Waals surface area (Å²) in [7, 11) is 0. The van der Waals surface area contributed by atoms with Crippen LogP contribution in [0.5, 0.6) is 0 Å². The van der Waals surface area contributed by atoms with E-state index in [1.165, 1.54) is 16.9 Å². The third kappa shape index (κ3) is 1.60. The molecule has 0 bridgehead atoms. The molecule has 64 valence electrons. The third-order valence-corrected chi connectivity index (χ3v) is 1.31. The second kappa shape index (κ2) is 3.51. The Kier molecular flexibility index (Phi) is 2.42. The highest BCUT2D eigenvalue weighted by Crippen LogP contribution is 1.93. The summed E-state index contributed by atoms with van der Waals surface area (Å²) in [6.45, 7) is 0.109. The van der Waals surface area contributed by atoms with Gasteiger partial charge in [-0.25, -0.2) is 0 Å². The lowest BCUT2D eigenvalue weighted by atomic mass is 10.4. The zero-order chi connectivity index (χ0) is 8.97. The van der Waals surface area contributed by atoms with Crippen LogP contribution in [0.3, 0.4) is 0 Å². The van der Waals surface area contributed by atoms with Gasteiger partial charge >= 0.3 is 0 Å². The summed E-state index contributed by atoms with van der Waals surface area (Å²) in [5, 5.41) is 14.8. The molecule has 0 radical (unpaired) electrons. The van der Waals surface area contributed by atoms with Crippen molar-refractivity contribution in [2.24, 2.45) is 10.9 Å². The molecule has 1 heterocycles. The number of hydrogen-bond donors (Lipinski definition) is 2. The van der Waals surface area contributed by atoms with E-state index in [9.17, 15) is 4.79 Å². The standard InChI is InChI=1S/C6H8N4O2/c7-6(9-12)3-10-5(4-11)1-2-8-10/h1-2,4,12H,3H2,(H2,7,9). The number of aromatic nitrogens is 2. The van der Waals surface area contributed by atoms with Gasteiger partial charge in [-0.1, -0.05) is 5.16 Å². The average Bonchev–Trinajstić information content (AvgIpc) is 2.51. The molecule has 0 atom stereocenters. The van der Waals surface area contributed by atoms with E-state index >= 15 is 0 Å². The van der Waals surface area contributed by atoms with Gasteiger partial charge in [-0.3, -0.25) is 9.48 Å². The zero-order valence-electron chi connectivity index (χ0n) is 6.21. The molecular weight excluding hydrogens is 160 g/mol. The predicted octanol–water partition coefficient (Wildman–Crippen LogP) is -0.558. The van der Waals surface area contributed by atoms with Crippen LogP contribution in [-0.2, 0) is 6.54 Å². The quantitative estimate of drug-likeness (QED) is 0.208. The maximum atomic E-state index is 10.4. The number of aldehydes is 1. The Bertz CT molecular complexity index is 304. The van der Waals surface area contributed by atoms with Gasteiger partial charge in [-0.15, -0.1) is 0 Å². The van der Waals surface area contributed by atoms with E-state index in [0.29, 0.717) is 12.0 Å². The summed E-state index contributed by atoms with van der Waals surface area (Å²) in [5.74, 6) is 0.00167. The van der Waals surface area contributed by atoms with Crippen molar-refractivity contribution in [3.8, 4) is 0 Å². The Balaban J connectivity index is 2.81. The van der Waals surface area contributed by atoms with E-state index in [0.717, 1.165) is 0 Å². The summed E-state index contributed by atoms with van der Waals surface area (Å²) in [5.41, 5.74) is 5.60. The van der Waals surface area contributed by atoms with Crippen molar-refractivity contribution in [2.45, 2.75) is 6.54 Å². The van der Waals surface area contributed by atoms with Gasteiger partial charge in [0.25, 0.3) is 0 Å². The molecule has 0 unspecified atom stereocenters. The number of oxime groups is 1. The molecule has 0 spiro atoms. The molecule has 12 heavy (non-hydrogen) atoms. The topological polar surface area (TPSA) is 93.5 Å². The first-order valence-corrected chi connectivity index (χ1v) is 3.21. The highest BCUT2D eigenvalue weighted by molar-refractivity contribution is 5.80. The van der Waals surface area contributed by atoms with Gasteiger partial charge in [0.2, 0.25) is 0 Å². The molecule has 6 nitrogen and oxygen atoms in total. The van der Waals surface area contributed by atoms with Crippen molar-refractivity contribution in [3.05, 3.63) is 18.0 Å². The summed E-state index contributed by atoms with van der Waals surface area (Å²) < 4.78 is 1.34. The summed E-state index contributed by atoms with van der Waals surface area (Å²) in [6, 6.07) is 1.54. The summed E-state index contributed by atoms with van der Waals surface area (Å²) >= 11 is 0. The first-order chi connectivity index (χ1) is 5.77. The smallest absolute Gasteiger partial charge is 0.168 e. The fourth-order valence-electron chi connectivity index (χ4n) is 0.760. The molecule has 0 aromatic carbocycles. The van der Waals surface area contributed by atoms with Gasteiger partial charge in [0.15, 0.2) is 12.1 Å². The number of hydrogen-bond acceptors (Lipinski definition) is 4. The number of rotatable bonds is 3. The van der Waals surface area contributed by atoms with Gasteiger partial charge in [-0.2, -0.15) is 5.10 Å². The van der Waals surface area contributed by atoms with Crippen molar-refractivity contribution in [3.63, 3.8) is 0 Å². The van der Waals surface area contributed by atoms with Crippen LogP contribution < -0.4 is 5.73 Å². The van der Waals surface area contributed by atoms with E-state index in [-0.39, 0.29) is 12.4 Å². The maximum absolute atomic E-state index is 10.4. The van der Waals surface area contributed by atoms with E-state index in [4.69, 9.17) is 10.9 Å². The van der Waals surface area contributed by atoms with Gasteiger partial charge < -0.3 is 10.9 Å². The third-order valence-electron chi connectivity index (χ3n) is 1.31. The molecule has 0 amide bonds. The van der Waals surface area contributed by atoms with Gasteiger partial charge in [0, 0.05) is 6.20 Å². The molecular formula is C6H8N4O2. The monoisotopic (exact) mass is 168 g/mol. The number of carbonyl (C=O) groups is 1. The predicted molar refractivity (Wildman–Crippen MR) is 41.0 cm³/mol. The van der Waals surface area contributed by atoms with Crippen LogP contribution in [0.1, 0.15) is 10.5 Å². The first-order valence-electron chi connectivity index (χ1n) is 3.21. The van der Waals surface area contributed by atoms with Crippen LogP contribution in [0.2, 0.25) is 0 Å². The van der Waals surface area contributed by atoms with Crippen LogP contribution in [0, 0.1) is 0 Å². The largest absolute Gasteiger partial charge is 0.409 e. The Labute approximate surface area is 68.3 Å². The second-order valence-electron chi connectivity index (χ2n) is 2.12. The minimum absolute atomic E-state index is 0.00167. The summed E-state index contributed by atoms with van der Waals surface area (Å²) in [4.78, 5) is 10.4. The lowest BCUT2D eigenvalue weighted by Crippen LogP contribution is -2.21. The van der Waals surface area contributed by atoms with Crippen LogP contribution in [0.25, 0.3) is 0 Å². The van der Waals surface area contributed by atoms with Crippen molar-refractivity contribution in [1.29, 1.82) is 0 Å². The minimum Gasteiger partial charge on any atom is -0.409 e. The van der Waals surface area contributed by atoms with Crippen molar-refractivity contribution in [2.75, 3.05) is 0 Å². The van der Waals surface area contributed by atoms with Crippen LogP contribution in [0.4, 0.5) is 0 Å². The first kappa shape index (κ1) is 8.25. The lowest BCUT2D eigenvalue weighted by molar-refractivity contribution is 0.111. The number of nitrogens with two attached hydrogens (primary N) is 1. The molecule has 0 aliphatic heterocycles. The number of amidine groups is 1. The molecule has 0 aliphatic carbocycles. The number of carbonyl (C=O) groups excluding carboxylic acids is 1. The fraction of sp³-hybridized carbons (Fsp3) is 0.167. The van der Waals surface area contributed by atoms with E-state index in [1.807, 2.05) is 0 Å². The lowest BCUT2D eigenvalue weighted by Gasteiger charge is -1.99.